The summed E-state index contributed by atoms with van der Waals surface area (Å²) >= 11 is 3.32. The molecule has 1 heterocycles. The van der Waals surface area contributed by atoms with Crippen LogP contribution in [-0.4, -0.2) is 15.6 Å². The van der Waals surface area contributed by atoms with E-state index in [4.69, 9.17) is 5.11 Å². The van der Waals surface area contributed by atoms with Crippen LogP contribution in [0.4, 0.5) is 0 Å². The van der Waals surface area contributed by atoms with Crippen molar-refractivity contribution in [1.29, 1.82) is 0 Å². The molecular weight excluding hydrogens is 286 g/mol. The lowest BCUT2D eigenvalue weighted by molar-refractivity contribution is 0.0685. The molecule has 1 N–H and O–H groups in total. The molecule has 0 atom stereocenters. The van der Waals surface area contributed by atoms with E-state index in [1.807, 2.05) is 6.92 Å². The zero-order chi connectivity index (χ0) is 12.6. The molecule has 0 unspecified atom stereocenters. The van der Waals surface area contributed by atoms with E-state index in [9.17, 15) is 9.59 Å². The second-order valence-electron chi connectivity index (χ2n) is 3.60. The summed E-state index contributed by atoms with van der Waals surface area (Å²) in [7, 11) is 0. The number of pyridine rings is 1. The molecule has 0 saturated heterocycles. The first kappa shape index (κ1) is 11.9. The van der Waals surface area contributed by atoms with E-state index < -0.39 is 5.97 Å². The normalized spacial score (nSPS) is 10.7. The van der Waals surface area contributed by atoms with Gasteiger partial charge in [-0.2, -0.15) is 0 Å². The number of benzene rings is 1. The Bertz CT molecular complexity index is 661. The van der Waals surface area contributed by atoms with Gasteiger partial charge >= 0.3 is 5.97 Å². The van der Waals surface area contributed by atoms with Crippen LogP contribution in [0.1, 0.15) is 17.4 Å². The van der Waals surface area contributed by atoms with Gasteiger partial charge in [-0.3, -0.25) is 4.79 Å². The molecule has 0 saturated carbocycles. The van der Waals surface area contributed by atoms with Gasteiger partial charge in [0.15, 0.2) is 5.43 Å². The molecule has 0 aliphatic rings. The number of rotatable bonds is 2. The summed E-state index contributed by atoms with van der Waals surface area (Å²) in [5, 5.41) is 9.61. The SMILES string of the molecule is CCn1c(C(=O)O)cc(=O)c2ccc(Br)cc21. The third kappa shape index (κ3) is 1.98. The van der Waals surface area contributed by atoms with Crippen LogP contribution in [0.2, 0.25) is 0 Å². The van der Waals surface area contributed by atoms with Crippen LogP contribution < -0.4 is 5.43 Å². The number of carboxylic acids is 1. The number of fused-ring (bicyclic) bond motifs is 1. The molecule has 0 aliphatic heterocycles. The molecular formula is C12H10BrNO3. The Kier molecular flexibility index (Phi) is 3.02. The van der Waals surface area contributed by atoms with E-state index in [2.05, 4.69) is 15.9 Å². The second kappa shape index (κ2) is 4.33. The Balaban J connectivity index is 2.98. The molecule has 1 aromatic heterocycles. The number of nitrogens with zero attached hydrogens (tertiary/aromatic N) is 1. The van der Waals surface area contributed by atoms with Crippen molar-refractivity contribution in [3.8, 4) is 0 Å². The zero-order valence-corrected chi connectivity index (χ0v) is 10.7. The quantitative estimate of drug-likeness (QED) is 0.926. The number of carboxylic acid groups (broad SMARTS) is 1. The van der Waals surface area contributed by atoms with E-state index in [-0.39, 0.29) is 11.1 Å². The molecule has 5 heteroatoms. The molecule has 2 rings (SSSR count). The average molecular weight is 296 g/mol. The minimum absolute atomic E-state index is 0.0168. The maximum atomic E-state index is 11.8. The Morgan fingerprint density at radius 2 is 2.12 bits per heavy atom. The minimum Gasteiger partial charge on any atom is -0.477 e. The Hall–Kier alpha value is -1.62. The third-order valence-corrected chi connectivity index (χ3v) is 3.10. The monoisotopic (exact) mass is 295 g/mol. The van der Waals surface area contributed by atoms with E-state index in [0.717, 1.165) is 4.47 Å². The predicted molar refractivity (Wildman–Crippen MR) is 68.5 cm³/mol. The molecule has 0 aliphatic carbocycles. The van der Waals surface area contributed by atoms with Crippen LogP contribution in [0.25, 0.3) is 10.9 Å². The number of aromatic carboxylic acids is 1. The van der Waals surface area contributed by atoms with E-state index in [1.165, 1.54) is 6.07 Å². The summed E-state index contributed by atoms with van der Waals surface area (Å²) < 4.78 is 2.43. The number of carbonyl (C=O) groups is 1. The van der Waals surface area contributed by atoms with Crippen LogP contribution >= 0.6 is 15.9 Å². The second-order valence-corrected chi connectivity index (χ2v) is 4.52. The van der Waals surface area contributed by atoms with E-state index in [0.29, 0.717) is 17.4 Å². The number of aromatic nitrogens is 1. The van der Waals surface area contributed by atoms with Gasteiger partial charge in [0, 0.05) is 22.5 Å². The molecule has 2 aromatic rings. The number of aryl methyl sites for hydroxylation is 1. The van der Waals surface area contributed by atoms with Gasteiger partial charge in [0.2, 0.25) is 0 Å². The van der Waals surface area contributed by atoms with Crippen LogP contribution in [0.5, 0.6) is 0 Å². The number of hydrogen-bond acceptors (Lipinski definition) is 2. The summed E-state index contributed by atoms with van der Waals surface area (Å²) in [5.41, 5.74) is 0.379. The fourth-order valence-corrected chi connectivity index (χ4v) is 2.21. The van der Waals surface area contributed by atoms with Gasteiger partial charge in [-0.25, -0.2) is 4.79 Å². The highest BCUT2D eigenvalue weighted by Crippen LogP contribution is 2.19. The average Bonchev–Trinajstić information content (AvgIpc) is 2.28. The van der Waals surface area contributed by atoms with Gasteiger partial charge in [-0.15, -0.1) is 0 Å². The van der Waals surface area contributed by atoms with Crippen molar-refractivity contribution in [1.82, 2.24) is 4.57 Å². The summed E-state index contributed by atoms with van der Waals surface area (Å²) in [6, 6.07) is 6.39. The van der Waals surface area contributed by atoms with Crippen LogP contribution in [0.3, 0.4) is 0 Å². The minimum atomic E-state index is -1.09. The lowest BCUT2D eigenvalue weighted by atomic mass is 10.1. The smallest absolute Gasteiger partial charge is 0.352 e. The van der Waals surface area contributed by atoms with Gasteiger partial charge in [0.25, 0.3) is 0 Å². The van der Waals surface area contributed by atoms with E-state index >= 15 is 0 Å². The first-order valence-corrected chi connectivity index (χ1v) is 5.90. The van der Waals surface area contributed by atoms with Crippen LogP contribution in [0, 0.1) is 0 Å². The zero-order valence-electron chi connectivity index (χ0n) is 9.11. The van der Waals surface area contributed by atoms with Crippen LogP contribution in [0.15, 0.2) is 33.5 Å². The molecule has 4 nitrogen and oxygen atoms in total. The Morgan fingerprint density at radius 3 is 2.71 bits per heavy atom. The van der Waals surface area contributed by atoms with Gasteiger partial charge < -0.3 is 9.67 Å². The standard InChI is InChI=1S/C12H10BrNO3/c1-2-14-9-5-7(13)3-4-8(9)11(15)6-10(14)12(16)17/h3-6H,2H2,1H3,(H,16,17). The topological polar surface area (TPSA) is 59.3 Å². The van der Waals surface area contributed by atoms with Gasteiger partial charge in [-0.1, -0.05) is 15.9 Å². The number of halogens is 1. The van der Waals surface area contributed by atoms with Crippen molar-refractivity contribution in [2.75, 3.05) is 0 Å². The molecule has 0 fully saturated rings. The highest BCUT2D eigenvalue weighted by atomic mass is 79.9. The Morgan fingerprint density at radius 1 is 1.41 bits per heavy atom. The maximum Gasteiger partial charge on any atom is 0.352 e. The van der Waals surface area contributed by atoms with Crippen molar-refractivity contribution in [3.05, 3.63) is 44.7 Å². The fourth-order valence-electron chi connectivity index (χ4n) is 1.86. The molecule has 0 amide bonds. The highest BCUT2D eigenvalue weighted by molar-refractivity contribution is 9.10. The van der Waals surface area contributed by atoms with Crippen molar-refractivity contribution in [3.63, 3.8) is 0 Å². The molecule has 0 radical (unpaired) electrons. The molecule has 0 bridgehead atoms. The summed E-state index contributed by atoms with van der Waals surface area (Å²) in [5.74, 6) is -1.09. The first-order chi connectivity index (χ1) is 8.04. The maximum absolute atomic E-state index is 11.8. The molecule has 17 heavy (non-hydrogen) atoms. The summed E-state index contributed by atoms with van der Waals surface area (Å²) in [6.07, 6.45) is 0. The van der Waals surface area contributed by atoms with Crippen molar-refractivity contribution >= 4 is 32.8 Å². The van der Waals surface area contributed by atoms with Crippen molar-refractivity contribution in [2.24, 2.45) is 0 Å². The van der Waals surface area contributed by atoms with Crippen LogP contribution in [-0.2, 0) is 6.54 Å². The molecule has 88 valence electrons. The van der Waals surface area contributed by atoms with E-state index in [1.54, 1.807) is 22.8 Å². The first-order valence-electron chi connectivity index (χ1n) is 5.11. The fraction of sp³-hybridized carbons (Fsp3) is 0.167. The van der Waals surface area contributed by atoms with Crippen molar-refractivity contribution < 1.29 is 9.90 Å². The summed E-state index contributed by atoms with van der Waals surface area (Å²) in [6.45, 7) is 2.34. The summed E-state index contributed by atoms with van der Waals surface area (Å²) in [4.78, 5) is 22.9. The number of hydrogen-bond donors (Lipinski definition) is 1. The molecule has 1 aromatic carbocycles. The predicted octanol–water partition coefficient (Wildman–Crippen LogP) is 2.48. The Labute approximate surface area is 106 Å². The lowest BCUT2D eigenvalue weighted by Crippen LogP contribution is -2.17. The third-order valence-electron chi connectivity index (χ3n) is 2.61. The van der Waals surface area contributed by atoms with Gasteiger partial charge in [0.05, 0.1) is 5.52 Å². The highest BCUT2D eigenvalue weighted by Gasteiger charge is 2.13. The van der Waals surface area contributed by atoms with Crippen molar-refractivity contribution in [2.45, 2.75) is 13.5 Å². The van der Waals surface area contributed by atoms with Gasteiger partial charge in [0.1, 0.15) is 5.69 Å². The largest absolute Gasteiger partial charge is 0.477 e. The van der Waals surface area contributed by atoms with Gasteiger partial charge in [-0.05, 0) is 25.1 Å². The molecule has 0 spiro atoms. The lowest BCUT2D eigenvalue weighted by Gasteiger charge is -2.12.